The number of carbonyl (C=O) groups is 2. The Morgan fingerprint density at radius 2 is 2.32 bits per heavy atom. The number of ether oxygens (including phenoxy) is 2. The van der Waals surface area contributed by atoms with E-state index in [-0.39, 0.29) is 43.0 Å². The average Bonchev–Trinajstić information content (AvgIpc) is 2.84. The molecule has 2 rings (SSSR count). The minimum atomic E-state index is -0.426. The Labute approximate surface area is 128 Å². The summed E-state index contributed by atoms with van der Waals surface area (Å²) in [5.74, 6) is -0.499. The highest BCUT2D eigenvalue weighted by atomic mass is 19.1. The van der Waals surface area contributed by atoms with Gasteiger partial charge in [-0.25, -0.2) is 9.18 Å². The van der Waals surface area contributed by atoms with Crippen molar-refractivity contribution in [1.82, 2.24) is 10.2 Å². The zero-order valence-electron chi connectivity index (χ0n) is 12.5. The maximum absolute atomic E-state index is 12.9. The van der Waals surface area contributed by atoms with E-state index in [1.54, 1.807) is 11.0 Å². The van der Waals surface area contributed by atoms with Crippen LogP contribution < -0.4 is 10.1 Å². The summed E-state index contributed by atoms with van der Waals surface area (Å²) >= 11 is 0. The maximum atomic E-state index is 12.9. The van der Waals surface area contributed by atoms with Crippen molar-refractivity contribution in [2.24, 2.45) is 0 Å². The van der Waals surface area contributed by atoms with Crippen LogP contribution in [0.1, 0.15) is 13.8 Å². The second-order valence-electron chi connectivity index (χ2n) is 5.30. The van der Waals surface area contributed by atoms with E-state index in [4.69, 9.17) is 9.47 Å². The van der Waals surface area contributed by atoms with Gasteiger partial charge in [0.15, 0.2) is 6.61 Å². The van der Waals surface area contributed by atoms with E-state index in [0.29, 0.717) is 6.54 Å². The predicted octanol–water partition coefficient (Wildman–Crippen LogP) is 1.55. The van der Waals surface area contributed by atoms with Crippen molar-refractivity contribution >= 4 is 12.0 Å². The Morgan fingerprint density at radius 3 is 2.95 bits per heavy atom. The van der Waals surface area contributed by atoms with Gasteiger partial charge < -0.3 is 19.7 Å². The van der Waals surface area contributed by atoms with Crippen LogP contribution in [0.3, 0.4) is 0 Å². The van der Waals surface area contributed by atoms with Gasteiger partial charge in [0, 0.05) is 12.1 Å². The van der Waals surface area contributed by atoms with E-state index in [0.717, 1.165) is 0 Å². The zero-order valence-corrected chi connectivity index (χ0v) is 12.5. The zero-order chi connectivity index (χ0) is 16.1. The maximum Gasteiger partial charge on any atom is 0.410 e. The van der Waals surface area contributed by atoms with Gasteiger partial charge in [-0.1, -0.05) is 6.07 Å². The quantitative estimate of drug-likeness (QED) is 0.865. The molecule has 7 heteroatoms. The van der Waals surface area contributed by atoms with Crippen LogP contribution in [0.2, 0.25) is 0 Å². The lowest BCUT2D eigenvalue weighted by molar-refractivity contribution is -0.123. The highest BCUT2D eigenvalue weighted by Gasteiger charge is 2.32. The number of rotatable bonds is 6. The van der Waals surface area contributed by atoms with E-state index in [9.17, 15) is 14.0 Å². The molecule has 1 aliphatic rings. The van der Waals surface area contributed by atoms with Gasteiger partial charge in [-0.15, -0.1) is 0 Å². The summed E-state index contributed by atoms with van der Waals surface area (Å²) in [5, 5.41) is 2.63. The van der Waals surface area contributed by atoms with Crippen molar-refractivity contribution in [3.63, 3.8) is 0 Å². The second-order valence-corrected chi connectivity index (χ2v) is 5.30. The molecule has 1 heterocycles. The van der Waals surface area contributed by atoms with Gasteiger partial charge in [0.2, 0.25) is 0 Å². The summed E-state index contributed by atoms with van der Waals surface area (Å²) in [7, 11) is 0. The number of carbonyl (C=O) groups excluding carboxylic acids is 2. The molecule has 0 bridgehead atoms. The Kier molecular flexibility index (Phi) is 5.19. The highest BCUT2D eigenvalue weighted by Crippen LogP contribution is 2.14. The fourth-order valence-electron chi connectivity index (χ4n) is 2.05. The van der Waals surface area contributed by atoms with Crippen molar-refractivity contribution in [3.8, 4) is 5.75 Å². The Hall–Kier alpha value is -2.31. The SMILES string of the molecule is CC(C)N1CC(CNC(=O)COc2cccc(F)c2)OC1=O. The number of amides is 2. The van der Waals surface area contributed by atoms with E-state index in [1.807, 2.05) is 13.8 Å². The summed E-state index contributed by atoms with van der Waals surface area (Å²) < 4.78 is 23.3. The van der Waals surface area contributed by atoms with Gasteiger partial charge in [-0.05, 0) is 26.0 Å². The molecule has 0 saturated carbocycles. The van der Waals surface area contributed by atoms with Gasteiger partial charge in [-0.3, -0.25) is 4.79 Å². The van der Waals surface area contributed by atoms with Crippen molar-refractivity contribution in [2.75, 3.05) is 19.7 Å². The first-order valence-corrected chi connectivity index (χ1v) is 7.08. The van der Waals surface area contributed by atoms with Crippen LogP contribution in [0.15, 0.2) is 24.3 Å². The fourth-order valence-corrected chi connectivity index (χ4v) is 2.05. The number of hydrogen-bond donors (Lipinski definition) is 1. The predicted molar refractivity (Wildman–Crippen MR) is 77.0 cm³/mol. The molecule has 1 unspecified atom stereocenters. The number of nitrogens with zero attached hydrogens (tertiary/aromatic N) is 1. The normalized spacial score (nSPS) is 17.5. The van der Waals surface area contributed by atoms with Crippen LogP contribution in [-0.4, -0.2) is 48.7 Å². The standard InChI is InChI=1S/C15H19FN2O4/c1-10(2)18-8-13(22-15(18)20)7-17-14(19)9-21-12-5-3-4-11(16)6-12/h3-6,10,13H,7-9H2,1-2H3,(H,17,19). The van der Waals surface area contributed by atoms with Crippen molar-refractivity contribution in [3.05, 3.63) is 30.1 Å². The summed E-state index contributed by atoms with van der Waals surface area (Å²) in [6.07, 6.45) is -0.738. The van der Waals surface area contributed by atoms with Crippen LogP contribution >= 0.6 is 0 Å². The molecular weight excluding hydrogens is 291 g/mol. The van der Waals surface area contributed by atoms with Crippen LogP contribution in [0, 0.1) is 5.82 Å². The van der Waals surface area contributed by atoms with Gasteiger partial charge in [0.05, 0.1) is 13.1 Å². The third-order valence-electron chi connectivity index (χ3n) is 3.22. The number of benzene rings is 1. The van der Waals surface area contributed by atoms with E-state index >= 15 is 0 Å². The van der Waals surface area contributed by atoms with Crippen LogP contribution in [-0.2, 0) is 9.53 Å². The van der Waals surface area contributed by atoms with Crippen LogP contribution in [0.25, 0.3) is 0 Å². The Bertz CT molecular complexity index is 550. The molecule has 0 aliphatic carbocycles. The van der Waals surface area contributed by atoms with E-state index < -0.39 is 5.82 Å². The van der Waals surface area contributed by atoms with Crippen molar-refractivity contribution < 1.29 is 23.5 Å². The lowest BCUT2D eigenvalue weighted by Gasteiger charge is -2.16. The molecule has 6 nitrogen and oxygen atoms in total. The average molecular weight is 310 g/mol. The number of halogens is 1. The summed E-state index contributed by atoms with van der Waals surface area (Å²) in [6, 6.07) is 5.62. The third kappa shape index (κ3) is 4.34. The fraction of sp³-hybridized carbons (Fsp3) is 0.467. The molecule has 1 saturated heterocycles. The summed E-state index contributed by atoms with van der Waals surface area (Å²) in [4.78, 5) is 24.8. The highest BCUT2D eigenvalue weighted by molar-refractivity contribution is 5.77. The molecule has 1 fully saturated rings. The summed E-state index contributed by atoms with van der Waals surface area (Å²) in [5.41, 5.74) is 0. The Balaban J connectivity index is 1.71. The van der Waals surface area contributed by atoms with Gasteiger partial charge in [0.1, 0.15) is 17.7 Å². The number of cyclic esters (lactones) is 1. The van der Waals surface area contributed by atoms with Crippen LogP contribution in [0.4, 0.5) is 9.18 Å². The monoisotopic (exact) mass is 310 g/mol. The first-order valence-electron chi connectivity index (χ1n) is 7.08. The molecule has 0 aromatic heterocycles. The lowest BCUT2D eigenvalue weighted by atomic mass is 10.3. The molecule has 0 radical (unpaired) electrons. The molecule has 0 spiro atoms. The molecule has 1 aliphatic heterocycles. The topological polar surface area (TPSA) is 67.9 Å². The molecule has 1 aromatic rings. The largest absolute Gasteiger partial charge is 0.484 e. The molecule has 2 amide bonds. The Morgan fingerprint density at radius 1 is 1.55 bits per heavy atom. The third-order valence-corrected chi connectivity index (χ3v) is 3.22. The van der Waals surface area contributed by atoms with Crippen molar-refractivity contribution in [2.45, 2.75) is 26.0 Å². The van der Waals surface area contributed by atoms with Gasteiger partial charge in [-0.2, -0.15) is 0 Å². The number of nitrogens with one attached hydrogen (secondary N) is 1. The second kappa shape index (κ2) is 7.11. The first kappa shape index (κ1) is 16.1. The minimum Gasteiger partial charge on any atom is -0.484 e. The van der Waals surface area contributed by atoms with Crippen LogP contribution in [0.5, 0.6) is 5.75 Å². The molecule has 1 atom stereocenters. The van der Waals surface area contributed by atoms with Gasteiger partial charge in [0.25, 0.3) is 5.91 Å². The number of hydrogen-bond acceptors (Lipinski definition) is 4. The summed E-state index contributed by atoms with van der Waals surface area (Å²) in [6.45, 7) is 4.24. The first-order chi connectivity index (χ1) is 10.5. The van der Waals surface area contributed by atoms with Crippen molar-refractivity contribution in [1.29, 1.82) is 0 Å². The molecule has 1 N–H and O–H groups in total. The smallest absolute Gasteiger partial charge is 0.410 e. The lowest BCUT2D eigenvalue weighted by Crippen LogP contribution is -2.38. The molecular formula is C15H19FN2O4. The van der Waals surface area contributed by atoms with E-state index in [2.05, 4.69) is 5.32 Å². The van der Waals surface area contributed by atoms with Gasteiger partial charge >= 0.3 is 6.09 Å². The van der Waals surface area contributed by atoms with E-state index in [1.165, 1.54) is 18.2 Å². The molecule has 120 valence electrons. The molecule has 22 heavy (non-hydrogen) atoms. The molecule has 1 aromatic carbocycles. The minimum absolute atomic E-state index is 0.0597.